The van der Waals surface area contributed by atoms with Crippen molar-refractivity contribution in [1.82, 2.24) is 19.7 Å². The van der Waals surface area contributed by atoms with Crippen LogP contribution in [0.3, 0.4) is 0 Å². The minimum Gasteiger partial charge on any atom is -0.493 e. The molecular weight excluding hydrogens is 352 g/mol. The average Bonchev–Trinajstić information content (AvgIpc) is 3.18. The molecule has 9 nitrogen and oxygen atoms in total. The fourth-order valence-electron chi connectivity index (χ4n) is 3.41. The van der Waals surface area contributed by atoms with Gasteiger partial charge in [-0.25, -0.2) is 4.98 Å². The Morgan fingerprint density at radius 3 is 2.63 bits per heavy atom. The quantitative estimate of drug-likeness (QED) is 0.778. The van der Waals surface area contributed by atoms with E-state index in [-0.39, 0.29) is 18.7 Å². The first-order valence-electron chi connectivity index (χ1n) is 8.62. The largest absolute Gasteiger partial charge is 0.493 e. The summed E-state index contributed by atoms with van der Waals surface area (Å²) in [6, 6.07) is 3.09. The highest BCUT2D eigenvalue weighted by Gasteiger charge is 2.33. The van der Waals surface area contributed by atoms with Crippen LogP contribution < -0.4 is 9.47 Å². The third kappa shape index (κ3) is 4.02. The molecule has 1 unspecified atom stereocenters. The molecule has 2 aromatic rings. The fourth-order valence-corrected chi connectivity index (χ4v) is 3.41. The molecule has 0 radical (unpaired) electrons. The second-order valence-corrected chi connectivity index (χ2v) is 6.27. The molecule has 0 spiro atoms. The Morgan fingerprint density at radius 1 is 1.26 bits per heavy atom. The summed E-state index contributed by atoms with van der Waals surface area (Å²) in [4.78, 5) is 29.7. The maximum atomic E-state index is 12.8. The zero-order chi connectivity index (χ0) is 19.4. The Bertz CT molecular complexity index is 821. The molecule has 1 N–H and O–H groups in total. The van der Waals surface area contributed by atoms with Crippen LogP contribution in [0.5, 0.6) is 11.5 Å². The average molecular weight is 374 g/mol. The minimum absolute atomic E-state index is 0.114. The third-order valence-electron chi connectivity index (χ3n) is 4.71. The molecule has 0 saturated carbocycles. The zero-order valence-electron chi connectivity index (χ0n) is 15.3. The van der Waals surface area contributed by atoms with E-state index < -0.39 is 12.0 Å². The molecule has 1 amide bonds. The summed E-state index contributed by atoms with van der Waals surface area (Å²) in [5.41, 5.74) is 1.76. The van der Waals surface area contributed by atoms with Crippen LogP contribution >= 0.6 is 0 Å². The molecule has 1 atom stereocenters. The van der Waals surface area contributed by atoms with Crippen molar-refractivity contribution in [3.05, 3.63) is 35.9 Å². The Kier molecular flexibility index (Phi) is 5.58. The van der Waals surface area contributed by atoms with E-state index in [2.05, 4.69) is 10.1 Å². The van der Waals surface area contributed by atoms with Crippen molar-refractivity contribution in [1.29, 1.82) is 0 Å². The van der Waals surface area contributed by atoms with Crippen LogP contribution in [0.1, 0.15) is 30.0 Å². The predicted octanol–water partition coefficient (Wildman–Crippen LogP) is 1.29. The molecule has 1 aromatic carbocycles. The van der Waals surface area contributed by atoms with Gasteiger partial charge in [-0.05, 0) is 29.7 Å². The van der Waals surface area contributed by atoms with Gasteiger partial charge in [0.25, 0.3) is 0 Å². The SMILES string of the molecule is COc1cc2c(cc1OC)C(CC(=O)O)N(C(=O)CCn1cncn1)CC2. The Balaban J connectivity index is 1.87. The second kappa shape index (κ2) is 8.07. The monoisotopic (exact) mass is 374 g/mol. The van der Waals surface area contributed by atoms with Crippen molar-refractivity contribution >= 4 is 11.9 Å². The van der Waals surface area contributed by atoms with Gasteiger partial charge in [-0.3, -0.25) is 14.3 Å². The number of hydrogen-bond donors (Lipinski definition) is 1. The number of benzene rings is 1. The first kappa shape index (κ1) is 18.7. The van der Waals surface area contributed by atoms with Crippen LogP contribution in [0.15, 0.2) is 24.8 Å². The number of aryl methyl sites for hydroxylation is 1. The van der Waals surface area contributed by atoms with E-state index in [1.165, 1.54) is 13.4 Å². The van der Waals surface area contributed by atoms with Crippen molar-refractivity contribution < 1.29 is 24.2 Å². The molecule has 0 saturated heterocycles. The molecule has 2 heterocycles. The lowest BCUT2D eigenvalue weighted by Gasteiger charge is -2.37. The summed E-state index contributed by atoms with van der Waals surface area (Å²) < 4.78 is 12.3. The summed E-state index contributed by atoms with van der Waals surface area (Å²) in [5.74, 6) is 0.0359. The van der Waals surface area contributed by atoms with Gasteiger partial charge >= 0.3 is 5.97 Å². The van der Waals surface area contributed by atoms with Gasteiger partial charge in [0.15, 0.2) is 11.5 Å². The fraction of sp³-hybridized carbons (Fsp3) is 0.444. The smallest absolute Gasteiger partial charge is 0.305 e. The number of ether oxygens (including phenoxy) is 2. The molecule has 0 fully saturated rings. The van der Waals surface area contributed by atoms with Crippen molar-refractivity contribution in [3.8, 4) is 11.5 Å². The van der Waals surface area contributed by atoms with Crippen molar-refractivity contribution in [2.45, 2.75) is 31.8 Å². The highest BCUT2D eigenvalue weighted by molar-refractivity contribution is 5.78. The van der Waals surface area contributed by atoms with Crippen LogP contribution in [0.25, 0.3) is 0 Å². The zero-order valence-corrected chi connectivity index (χ0v) is 15.3. The van der Waals surface area contributed by atoms with Crippen molar-refractivity contribution in [3.63, 3.8) is 0 Å². The van der Waals surface area contributed by atoms with Crippen molar-refractivity contribution in [2.24, 2.45) is 0 Å². The lowest BCUT2D eigenvalue weighted by atomic mass is 9.89. The van der Waals surface area contributed by atoms with Gasteiger partial charge in [0, 0.05) is 13.0 Å². The molecule has 9 heteroatoms. The van der Waals surface area contributed by atoms with Gasteiger partial charge in [-0.1, -0.05) is 0 Å². The van der Waals surface area contributed by atoms with Gasteiger partial charge in [-0.15, -0.1) is 0 Å². The number of nitrogens with zero attached hydrogens (tertiary/aromatic N) is 4. The standard InChI is InChI=1S/C18H22N4O5/c1-26-15-7-12-3-6-22(17(23)4-5-21-11-19-10-20-21)14(9-18(24)25)13(12)8-16(15)27-2/h7-8,10-11,14H,3-6,9H2,1-2H3,(H,24,25). The molecule has 1 aliphatic heterocycles. The van der Waals surface area contributed by atoms with E-state index >= 15 is 0 Å². The summed E-state index contributed by atoms with van der Waals surface area (Å²) in [6.45, 7) is 0.852. The molecule has 0 aliphatic carbocycles. The van der Waals surface area contributed by atoms with Gasteiger partial charge < -0.3 is 19.5 Å². The Labute approximate surface area is 156 Å². The molecule has 1 aromatic heterocycles. The number of carboxylic acids is 1. The number of hydrogen-bond acceptors (Lipinski definition) is 6. The van der Waals surface area contributed by atoms with Gasteiger partial charge in [0.1, 0.15) is 12.7 Å². The maximum Gasteiger partial charge on any atom is 0.305 e. The van der Waals surface area contributed by atoms with Crippen LogP contribution in [0, 0.1) is 0 Å². The van der Waals surface area contributed by atoms with Gasteiger partial charge in [0.2, 0.25) is 5.91 Å². The topological polar surface area (TPSA) is 107 Å². The molecule has 3 rings (SSSR count). The van der Waals surface area contributed by atoms with E-state index in [9.17, 15) is 14.7 Å². The first-order chi connectivity index (χ1) is 13.0. The van der Waals surface area contributed by atoms with E-state index in [4.69, 9.17) is 9.47 Å². The van der Waals surface area contributed by atoms with E-state index in [1.807, 2.05) is 6.07 Å². The molecular formula is C18H22N4O5. The number of fused-ring (bicyclic) bond motifs is 1. The number of methoxy groups -OCH3 is 2. The van der Waals surface area contributed by atoms with E-state index in [1.54, 1.807) is 29.1 Å². The number of aromatic nitrogens is 3. The highest BCUT2D eigenvalue weighted by atomic mass is 16.5. The van der Waals surface area contributed by atoms with Crippen LogP contribution in [0.2, 0.25) is 0 Å². The number of carbonyl (C=O) groups is 2. The Morgan fingerprint density at radius 2 is 2.00 bits per heavy atom. The molecule has 1 aliphatic rings. The van der Waals surface area contributed by atoms with Gasteiger partial charge in [0.05, 0.1) is 33.2 Å². The number of amides is 1. The lowest BCUT2D eigenvalue weighted by molar-refractivity contribution is -0.141. The van der Waals surface area contributed by atoms with E-state index in [0.717, 1.165) is 11.1 Å². The number of carbonyl (C=O) groups excluding carboxylic acids is 1. The number of rotatable bonds is 7. The highest BCUT2D eigenvalue weighted by Crippen LogP contribution is 2.39. The molecule has 144 valence electrons. The number of aliphatic carboxylic acids is 1. The van der Waals surface area contributed by atoms with E-state index in [0.29, 0.717) is 31.0 Å². The third-order valence-corrected chi connectivity index (χ3v) is 4.71. The summed E-state index contributed by atoms with van der Waals surface area (Å²) >= 11 is 0. The number of carboxylic acid groups (broad SMARTS) is 1. The predicted molar refractivity (Wildman–Crippen MR) is 94.6 cm³/mol. The minimum atomic E-state index is -0.961. The summed E-state index contributed by atoms with van der Waals surface area (Å²) in [7, 11) is 3.09. The molecule has 27 heavy (non-hydrogen) atoms. The van der Waals surface area contributed by atoms with Crippen LogP contribution in [0.4, 0.5) is 0 Å². The normalized spacial score (nSPS) is 15.9. The van der Waals surface area contributed by atoms with Crippen molar-refractivity contribution in [2.75, 3.05) is 20.8 Å². The van der Waals surface area contributed by atoms with Crippen LogP contribution in [-0.4, -0.2) is 57.4 Å². The summed E-state index contributed by atoms with van der Waals surface area (Å²) in [5, 5.41) is 13.4. The first-order valence-corrected chi connectivity index (χ1v) is 8.62. The second-order valence-electron chi connectivity index (χ2n) is 6.27. The lowest BCUT2D eigenvalue weighted by Crippen LogP contribution is -2.41. The molecule has 0 bridgehead atoms. The maximum absolute atomic E-state index is 12.8. The van der Waals surface area contributed by atoms with Gasteiger partial charge in [-0.2, -0.15) is 5.10 Å². The summed E-state index contributed by atoms with van der Waals surface area (Å²) in [6.07, 6.45) is 3.64. The Hall–Kier alpha value is -3.10. The van der Waals surface area contributed by atoms with Crippen LogP contribution in [-0.2, 0) is 22.6 Å².